The van der Waals surface area contributed by atoms with Crippen LogP contribution in [0.4, 0.5) is 0 Å². The lowest BCUT2D eigenvalue weighted by atomic mass is 10.1. The molecule has 2 aromatic rings. The molecule has 6 nitrogen and oxygen atoms in total. The Hall–Kier alpha value is -2.60. The minimum absolute atomic E-state index is 0.174. The Labute approximate surface area is 164 Å². The molecule has 1 N–H and O–H groups in total. The van der Waals surface area contributed by atoms with Crippen LogP contribution >= 0.6 is 0 Å². The van der Waals surface area contributed by atoms with Gasteiger partial charge in [-0.05, 0) is 61.6 Å². The summed E-state index contributed by atoms with van der Waals surface area (Å²) in [5.41, 5.74) is 1.47. The molecular weight excluding hydrogens is 356 g/mol. The van der Waals surface area contributed by atoms with E-state index >= 15 is 0 Å². The molecule has 6 heteroatoms. The van der Waals surface area contributed by atoms with E-state index in [1.807, 2.05) is 37.3 Å². The zero-order chi connectivity index (χ0) is 19.7. The van der Waals surface area contributed by atoms with Crippen LogP contribution in [-0.4, -0.2) is 43.6 Å². The number of hydrogen-bond donors (Lipinski definition) is 1. The number of carbonyl (C=O) groups is 1. The Bertz CT molecular complexity index is 907. The SMILES string of the molecule is COc1ccc(CCc2cc(C)c(C(=O)N3C[C@@H]4CCN[C@@H]4C3)c(=O)o2)cc1. The molecule has 0 bridgehead atoms. The minimum atomic E-state index is -0.528. The maximum Gasteiger partial charge on any atom is 0.349 e. The highest BCUT2D eigenvalue weighted by molar-refractivity contribution is 5.95. The molecule has 3 heterocycles. The Morgan fingerprint density at radius 1 is 1.25 bits per heavy atom. The van der Waals surface area contributed by atoms with Crippen molar-refractivity contribution in [3.63, 3.8) is 0 Å². The maximum atomic E-state index is 12.9. The molecule has 0 spiro atoms. The minimum Gasteiger partial charge on any atom is -0.497 e. The van der Waals surface area contributed by atoms with E-state index in [0.717, 1.165) is 30.7 Å². The van der Waals surface area contributed by atoms with Gasteiger partial charge in [0.1, 0.15) is 17.1 Å². The highest BCUT2D eigenvalue weighted by Crippen LogP contribution is 2.26. The number of carbonyl (C=O) groups excluding carboxylic acids is 1. The summed E-state index contributed by atoms with van der Waals surface area (Å²) in [6.07, 6.45) is 2.45. The molecule has 0 unspecified atom stereocenters. The quantitative estimate of drug-likeness (QED) is 0.858. The molecule has 28 heavy (non-hydrogen) atoms. The molecule has 4 rings (SSSR count). The third kappa shape index (κ3) is 3.69. The summed E-state index contributed by atoms with van der Waals surface area (Å²) in [4.78, 5) is 27.2. The van der Waals surface area contributed by atoms with Gasteiger partial charge in [-0.25, -0.2) is 4.79 Å². The molecule has 1 amide bonds. The largest absolute Gasteiger partial charge is 0.497 e. The van der Waals surface area contributed by atoms with Crippen molar-refractivity contribution in [3.05, 3.63) is 63.2 Å². The average molecular weight is 382 g/mol. The van der Waals surface area contributed by atoms with E-state index in [9.17, 15) is 9.59 Å². The molecule has 2 fully saturated rings. The topological polar surface area (TPSA) is 71.8 Å². The molecule has 2 atom stereocenters. The summed E-state index contributed by atoms with van der Waals surface area (Å²) < 4.78 is 10.7. The fourth-order valence-corrected chi connectivity index (χ4v) is 4.29. The first-order valence-electron chi connectivity index (χ1n) is 9.84. The van der Waals surface area contributed by atoms with E-state index in [-0.39, 0.29) is 11.5 Å². The number of likely N-dealkylation sites (tertiary alicyclic amines) is 1. The van der Waals surface area contributed by atoms with Crippen LogP contribution in [0.1, 0.15) is 33.7 Å². The number of hydrogen-bond acceptors (Lipinski definition) is 5. The van der Waals surface area contributed by atoms with Crippen molar-refractivity contribution in [2.75, 3.05) is 26.7 Å². The number of benzene rings is 1. The van der Waals surface area contributed by atoms with Crippen LogP contribution in [0, 0.1) is 12.8 Å². The van der Waals surface area contributed by atoms with Gasteiger partial charge >= 0.3 is 5.63 Å². The maximum absolute atomic E-state index is 12.9. The lowest BCUT2D eigenvalue weighted by molar-refractivity contribution is 0.0777. The number of amides is 1. The first-order chi connectivity index (χ1) is 13.5. The molecule has 0 saturated carbocycles. The zero-order valence-corrected chi connectivity index (χ0v) is 16.4. The van der Waals surface area contributed by atoms with Gasteiger partial charge in [0.15, 0.2) is 0 Å². The van der Waals surface area contributed by atoms with Gasteiger partial charge in [-0.1, -0.05) is 12.1 Å². The van der Waals surface area contributed by atoms with Gasteiger partial charge in [0.2, 0.25) is 0 Å². The first-order valence-corrected chi connectivity index (χ1v) is 9.84. The van der Waals surface area contributed by atoms with Crippen LogP contribution in [0.3, 0.4) is 0 Å². The van der Waals surface area contributed by atoms with Crippen LogP contribution in [0.15, 0.2) is 39.5 Å². The molecule has 0 radical (unpaired) electrons. The summed E-state index contributed by atoms with van der Waals surface area (Å²) in [7, 11) is 1.64. The number of methoxy groups -OCH3 is 1. The summed E-state index contributed by atoms with van der Waals surface area (Å²) in [6, 6.07) is 10.0. The Balaban J connectivity index is 1.45. The molecule has 2 aliphatic rings. The molecule has 0 aliphatic carbocycles. The van der Waals surface area contributed by atoms with Crippen molar-refractivity contribution >= 4 is 5.91 Å². The fraction of sp³-hybridized carbons (Fsp3) is 0.455. The standard InChI is InChI=1S/C22H26N2O4/c1-14-11-18(8-5-15-3-6-17(27-2)7-4-15)28-22(26)20(14)21(25)24-12-16-9-10-23-19(16)13-24/h3-4,6-7,11,16,19,23H,5,8-10,12-13H2,1-2H3/t16-,19+/m0/s1. The molecule has 1 aromatic heterocycles. The van der Waals surface area contributed by atoms with Crippen LogP contribution in [0.25, 0.3) is 0 Å². The molecule has 2 aliphatic heterocycles. The number of aryl methyl sites for hydroxylation is 3. The van der Waals surface area contributed by atoms with Gasteiger partial charge in [0.05, 0.1) is 7.11 Å². The fourth-order valence-electron chi connectivity index (χ4n) is 4.29. The number of fused-ring (bicyclic) bond motifs is 1. The molecule has 148 valence electrons. The first kappa shape index (κ1) is 18.7. The van der Waals surface area contributed by atoms with Gasteiger partial charge in [0.25, 0.3) is 5.91 Å². The summed E-state index contributed by atoms with van der Waals surface area (Å²) in [5.74, 6) is 1.72. The van der Waals surface area contributed by atoms with Gasteiger partial charge < -0.3 is 19.4 Å². The predicted octanol–water partition coefficient (Wildman–Crippen LogP) is 2.18. The van der Waals surface area contributed by atoms with E-state index in [0.29, 0.717) is 42.8 Å². The van der Waals surface area contributed by atoms with Gasteiger partial charge in [-0.15, -0.1) is 0 Å². The zero-order valence-electron chi connectivity index (χ0n) is 16.4. The Morgan fingerprint density at radius 2 is 2.04 bits per heavy atom. The second-order valence-electron chi connectivity index (χ2n) is 7.73. The van der Waals surface area contributed by atoms with E-state index in [4.69, 9.17) is 9.15 Å². The number of ether oxygens (including phenoxy) is 1. The number of nitrogens with zero attached hydrogens (tertiary/aromatic N) is 1. The number of nitrogens with one attached hydrogen (secondary N) is 1. The second kappa shape index (κ2) is 7.80. The van der Waals surface area contributed by atoms with Crippen molar-refractivity contribution in [2.24, 2.45) is 5.92 Å². The normalized spacial score (nSPS) is 21.0. The Kier molecular flexibility index (Phi) is 5.22. The Morgan fingerprint density at radius 3 is 2.71 bits per heavy atom. The van der Waals surface area contributed by atoms with E-state index in [1.165, 1.54) is 0 Å². The van der Waals surface area contributed by atoms with E-state index in [2.05, 4.69) is 5.32 Å². The van der Waals surface area contributed by atoms with Crippen molar-refractivity contribution in [1.29, 1.82) is 0 Å². The van der Waals surface area contributed by atoms with E-state index in [1.54, 1.807) is 12.0 Å². The predicted molar refractivity (Wildman–Crippen MR) is 106 cm³/mol. The number of rotatable bonds is 5. The monoisotopic (exact) mass is 382 g/mol. The molecule has 2 saturated heterocycles. The van der Waals surface area contributed by atoms with Gasteiger partial charge in [-0.3, -0.25) is 4.79 Å². The lowest BCUT2D eigenvalue weighted by Crippen LogP contribution is -2.36. The van der Waals surface area contributed by atoms with Crippen molar-refractivity contribution in [1.82, 2.24) is 10.2 Å². The van der Waals surface area contributed by atoms with Crippen LogP contribution in [-0.2, 0) is 12.8 Å². The van der Waals surface area contributed by atoms with E-state index < -0.39 is 5.63 Å². The van der Waals surface area contributed by atoms with Gasteiger partial charge in [-0.2, -0.15) is 0 Å². The average Bonchev–Trinajstić information content (AvgIpc) is 3.28. The molecular formula is C22H26N2O4. The lowest BCUT2D eigenvalue weighted by Gasteiger charge is -2.18. The third-order valence-electron chi connectivity index (χ3n) is 5.88. The molecule has 1 aromatic carbocycles. The van der Waals surface area contributed by atoms with Crippen LogP contribution in [0.2, 0.25) is 0 Å². The highest BCUT2D eigenvalue weighted by atomic mass is 16.5. The highest BCUT2D eigenvalue weighted by Gasteiger charge is 2.39. The van der Waals surface area contributed by atoms with Crippen LogP contribution in [0.5, 0.6) is 5.75 Å². The van der Waals surface area contributed by atoms with Crippen molar-refractivity contribution in [3.8, 4) is 5.75 Å². The summed E-state index contributed by atoms with van der Waals surface area (Å²) >= 11 is 0. The van der Waals surface area contributed by atoms with Crippen molar-refractivity contribution in [2.45, 2.75) is 32.2 Å². The second-order valence-corrected chi connectivity index (χ2v) is 7.73. The van der Waals surface area contributed by atoms with Gasteiger partial charge in [0, 0.05) is 25.6 Å². The van der Waals surface area contributed by atoms with Crippen LogP contribution < -0.4 is 15.7 Å². The van der Waals surface area contributed by atoms with Crippen molar-refractivity contribution < 1.29 is 13.9 Å². The third-order valence-corrected chi connectivity index (χ3v) is 5.88. The summed E-state index contributed by atoms with van der Waals surface area (Å²) in [6.45, 7) is 4.22. The summed E-state index contributed by atoms with van der Waals surface area (Å²) in [5, 5.41) is 3.43. The smallest absolute Gasteiger partial charge is 0.349 e.